The van der Waals surface area contributed by atoms with E-state index < -0.39 is 0 Å². The Hall–Kier alpha value is -1.83. The number of amides is 1. The molecule has 0 bridgehead atoms. The molecule has 1 aromatic carbocycles. The van der Waals surface area contributed by atoms with Crippen LogP contribution in [-0.4, -0.2) is 25.2 Å². The van der Waals surface area contributed by atoms with Gasteiger partial charge in [-0.1, -0.05) is 30.0 Å². The zero-order chi connectivity index (χ0) is 13.5. The van der Waals surface area contributed by atoms with Gasteiger partial charge in [0.25, 0.3) is 0 Å². The van der Waals surface area contributed by atoms with E-state index in [9.17, 15) is 4.79 Å². The lowest BCUT2D eigenvalue weighted by Gasteiger charge is -2.11. The van der Waals surface area contributed by atoms with Gasteiger partial charge in [0.2, 0.25) is 5.91 Å². The zero-order valence-electron chi connectivity index (χ0n) is 10.8. The molecule has 0 radical (unpaired) electrons. The zero-order valence-corrected chi connectivity index (χ0v) is 10.8. The van der Waals surface area contributed by atoms with Crippen LogP contribution in [0.25, 0.3) is 0 Å². The maximum absolute atomic E-state index is 11.9. The maximum Gasteiger partial charge on any atom is 0.249 e. The number of hydrogen-bond donors (Lipinski definition) is 2. The number of nitrogens with two attached hydrogens (primary N) is 1. The van der Waals surface area contributed by atoms with Gasteiger partial charge in [-0.3, -0.25) is 4.79 Å². The fraction of sp³-hybridized carbons (Fsp3) is 0.400. The molecule has 0 spiro atoms. The molecule has 0 aliphatic carbocycles. The molecule has 100 valence electrons. The molecule has 4 heteroatoms. The number of carbonyl (C=O) groups excluding carboxylic acids is 1. The molecule has 1 heterocycles. The molecule has 1 saturated heterocycles. The SMILES string of the molecule is NCC#Cc1ccccc1CNC(=O)C1CCCO1. The van der Waals surface area contributed by atoms with Crippen LogP contribution in [0.4, 0.5) is 0 Å². The molecule has 3 N–H and O–H groups in total. The Kier molecular flexibility index (Phi) is 4.96. The van der Waals surface area contributed by atoms with E-state index in [1.165, 1.54) is 0 Å². The van der Waals surface area contributed by atoms with Crippen LogP contribution in [0.5, 0.6) is 0 Å². The highest BCUT2D eigenvalue weighted by Crippen LogP contribution is 2.12. The molecule has 4 nitrogen and oxygen atoms in total. The van der Waals surface area contributed by atoms with Crippen LogP contribution in [0.1, 0.15) is 24.0 Å². The van der Waals surface area contributed by atoms with Crippen molar-refractivity contribution in [3.63, 3.8) is 0 Å². The summed E-state index contributed by atoms with van der Waals surface area (Å²) in [5, 5.41) is 2.89. The first-order valence-electron chi connectivity index (χ1n) is 6.47. The van der Waals surface area contributed by atoms with Crippen LogP contribution in [0, 0.1) is 11.8 Å². The van der Waals surface area contributed by atoms with Gasteiger partial charge in [-0.05, 0) is 24.5 Å². The molecule has 1 unspecified atom stereocenters. The van der Waals surface area contributed by atoms with Gasteiger partial charge in [0.1, 0.15) is 6.10 Å². The van der Waals surface area contributed by atoms with E-state index in [0.29, 0.717) is 19.7 Å². The van der Waals surface area contributed by atoms with Crippen molar-refractivity contribution in [2.45, 2.75) is 25.5 Å². The van der Waals surface area contributed by atoms with Crippen LogP contribution < -0.4 is 11.1 Å². The predicted molar refractivity (Wildman–Crippen MR) is 73.2 cm³/mol. The Bertz CT molecular complexity index is 496. The molecular formula is C15H18N2O2. The quantitative estimate of drug-likeness (QED) is 0.788. The molecule has 0 saturated carbocycles. The molecule has 1 atom stereocenters. The van der Waals surface area contributed by atoms with Gasteiger partial charge < -0.3 is 15.8 Å². The van der Waals surface area contributed by atoms with Crippen LogP contribution in [0.2, 0.25) is 0 Å². The number of hydrogen-bond acceptors (Lipinski definition) is 3. The Morgan fingerprint density at radius 3 is 3.05 bits per heavy atom. The summed E-state index contributed by atoms with van der Waals surface area (Å²) in [4.78, 5) is 11.9. The van der Waals surface area contributed by atoms with Crippen LogP contribution in [0.15, 0.2) is 24.3 Å². The molecule has 1 aliphatic heterocycles. The van der Waals surface area contributed by atoms with Crippen molar-refractivity contribution in [2.75, 3.05) is 13.2 Å². The van der Waals surface area contributed by atoms with Crippen molar-refractivity contribution in [1.29, 1.82) is 0 Å². The standard InChI is InChI=1S/C15H18N2O2/c16-9-3-7-12-5-1-2-6-13(12)11-17-15(18)14-8-4-10-19-14/h1-2,5-6,14H,4,8-11,16H2,(H,17,18). The van der Waals surface area contributed by atoms with Crippen LogP contribution in [0.3, 0.4) is 0 Å². The monoisotopic (exact) mass is 258 g/mol. The third kappa shape index (κ3) is 3.82. The van der Waals surface area contributed by atoms with E-state index >= 15 is 0 Å². The average Bonchev–Trinajstić information content (AvgIpc) is 2.97. The van der Waals surface area contributed by atoms with E-state index in [4.69, 9.17) is 10.5 Å². The number of rotatable bonds is 3. The molecule has 0 aromatic heterocycles. The van der Waals surface area contributed by atoms with Gasteiger partial charge in [0.15, 0.2) is 0 Å². The summed E-state index contributed by atoms with van der Waals surface area (Å²) in [6.07, 6.45) is 1.47. The maximum atomic E-state index is 11.9. The van der Waals surface area contributed by atoms with E-state index in [-0.39, 0.29) is 12.0 Å². The topological polar surface area (TPSA) is 64.3 Å². The highest BCUT2D eigenvalue weighted by atomic mass is 16.5. The third-order valence-corrected chi connectivity index (χ3v) is 3.02. The lowest BCUT2D eigenvalue weighted by atomic mass is 10.1. The lowest BCUT2D eigenvalue weighted by molar-refractivity contribution is -0.130. The van der Waals surface area contributed by atoms with E-state index in [1.807, 2.05) is 24.3 Å². The Balaban J connectivity index is 1.97. The smallest absolute Gasteiger partial charge is 0.249 e. The second kappa shape index (κ2) is 6.93. The van der Waals surface area contributed by atoms with Crippen LogP contribution >= 0.6 is 0 Å². The van der Waals surface area contributed by atoms with Gasteiger partial charge in [0.05, 0.1) is 6.54 Å². The minimum atomic E-state index is -0.290. The number of ether oxygens (including phenoxy) is 1. The summed E-state index contributed by atoms with van der Waals surface area (Å²) in [5.74, 6) is 5.79. The molecule has 1 amide bonds. The molecule has 2 rings (SSSR count). The Morgan fingerprint density at radius 2 is 2.32 bits per heavy atom. The number of benzene rings is 1. The van der Waals surface area contributed by atoms with Crippen molar-refractivity contribution in [2.24, 2.45) is 5.73 Å². The predicted octanol–water partition coefficient (Wildman–Crippen LogP) is 0.792. The Labute approximate surface area is 113 Å². The molecule has 1 aromatic rings. The second-order valence-corrected chi connectivity index (χ2v) is 4.38. The lowest BCUT2D eigenvalue weighted by Crippen LogP contribution is -2.33. The van der Waals surface area contributed by atoms with Crippen molar-refractivity contribution in [3.05, 3.63) is 35.4 Å². The minimum absolute atomic E-state index is 0.0425. The third-order valence-electron chi connectivity index (χ3n) is 3.02. The summed E-state index contributed by atoms with van der Waals surface area (Å²) < 4.78 is 5.34. The fourth-order valence-corrected chi connectivity index (χ4v) is 2.02. The first-order chi connectivity index (χ1) is 9.31. The van der Waals surface area contributed by atoms with Gasteiger partial charge in [-0.2, -0.15) is 0 Å². The first kappa shape index (κ1) is 13.6. The number of nitrogens with one attached hydrogen (secondary N) is 1. The largest absolute Gasteiger partial charge is 0.368 e. The minimum Gasteiger partial charge on any atom is -0.368 e. The first-order valence-corrected chi connectivity index (χ1v) is 6.47. The highest BCUT2D eigenvalue weighted by Gasteiger charge is 2.23. The summed E-state index contributed by atoms with van der Waals surface area (Å²) in [5.41, 5.74) is 7.27. The summed E-state index contributed by atoms with van der Waals surface area (Å²) in [7, 11) is 0. The highest BCUT2D eigenvalue weighted by molar-refractivity contribution is 5.81. The van der Waals surface area contributed by atoms with E-state index in [2.05, 4.69) is 17.2 Å². The second-order valence-electron chi connectivity index (χ2n) is 4.38. The van der Waals surface area contributed by atoms with Gasteiger partial charge in [0, 0.05) is 18.7 Å². The van der Waals surface area contributed by atoms with Crippen molar-refractivity contribution >= 4 is 5.91 Å². The van der Waals surface area contributed by atoms with Crippen molar-refractivity contribution in [3.8, 4) is 11.8 Å². The van der Waals surface area contributed by atoms with E-state index in [0.717, 1.165) is 24.0 Å². The Morgan fingerprint density at radius 1 is 1.47 bits per heavy atom. The summed E-state index contributed by atoms with van der Waals surface area (Å²) >= 11 is 0. The molecule has 19 heavy (non-hydrogen) atoms. The number of carbonyl (C=O) groups is 1. The summed E-state index contributed by atoms with van der Waals surface area (Å²) in [6, 6.07) is 7.74. The molecular weight excluding hydrogens is 240 g/mol. The van der Waals surface area contributed by atoms with E-state index in [1.54, 1.807) is 0 Å². The molecule has 1 aliphatic rings. The molecule has 1 fully saturated rings. The van der Waals surface area contributed by atoms with Gasteiger partial charge in [-0.15, -0.1) is 0 Å². The van der Waals surface area contributed by atoms with Crippen molar-refractivity contribution in [1.82, 2.24) is 5.32 Å². The summed E-state index contributed by atoms with van der Waals surface area (Å²) in [6.45, 7) is 1.47. The average molecular weight is 258 g/mol. The van der Waals surface area contributed by atoms with Gasteiger partial charge >= 0.3 is 0 Å². The van der Waals surface area contributed by atoms with Crippen molar-refractivity contribution < 1.29 is 9.53 Å². The van der Waals surface area contributed by atoms with Crippen LogP contribution in [-0.2, 0) is 16.1 Å². The normalized spacial score (nSPS) is 17.6. The van der Waals surface area contributed by atoms with Gasteiger partial charge in [-0.25, -0.2) is 0 Å². The fourth-order valence-electron chi connectivity index (χ4n) is 2.02.